The van der Waals surface area contributed by atoms with E-state index in [0.717, 1.165) is 6.07 Å². The first-order valence-corrected chi connectivity index (χ1v) is 6.39. The molecule has 2 N–H and O–H groups in total. The number of halogens is 3. The first-order chi connectivity index (χ1) is 9.54. The van der Waals surface area contributed by atoms with Gasteiger partial charge < -0.3 is 15.0 Å². The molecule has 0 atom stereocenters. The van der Waals surface area contributed by atoms with E-state index in [1.807, 2.05) is 0 Å². The molecule has 5 nitrogen and oxygen atoms in total. The van der Waals surface area contributed by atoms with E-state index in [9.17, 15) is 13.6 Å². The molecule has 0 radical (unpaired) electrons. The number of aromatic nitrogens is 2. The lowest BCUT2D eigenvalue weighted by Gasteiger charge is -2.09. The summed E-state index contributed by atoms with van der Waals surface area (Å²) >= 11 is 5.66. The molecule has 0 aliphatic carbocycles. The van der Waals surface area contributed by atoms with Crippen LogP contribution in [0.1, 0.15) is 5.82 Å². The van der Waals surface area contributed by atoms with Crippen molar-refractivity contribution < 1.29 is 18.3 Å². The molecule has 0 unspecified atom stereocenters. The number of carbonyl (C=O) groups excluding carboxylic acids is 1. The lowest BCUT2D eigenvalue weighted by molar-refractivity contribution is 0.152. The first-order valence-electron chi connectivity index (χ1n) is 5.86. The van der Waals surface area contributed by atoms with Crippen LogP contribution >= 0.6 is 11.6 Å². The van der Waals surface area contributed by atoms with Gasteiger partial charge in [-0.25, -0.2) is 18.6 Å². The number of carbonyl (C=O) groups is 1. The Morgan fingerprint density at radius 1 is 1.45 bits per heavy atom. The number of amides is 1. The third kappa shape index (κ3) is 2.82. The molecule has 1 amide bonds. The summed E-state index contributed by atoms with van der Waals surface area (Å²) in [6.07, 6.45) is -0.548. The Morgan fingerprint density at radius 3 is 2.85 bits per heavy atom. The summed E-state index contributed by atoms with van der Waals surface area (Å²) in [7, 11) is 0. The van der Waals surface area contributed by atoms with Crippen molar-refractivity contribution in [2.45, 2.75) is 13.0 Å². The minimum absolute atomic E-state index is 0.0261. The number of ether oxygens (including phenoxy) is 1. The Hall–Kier alpha value is -1.89. The van der Waals surface area contributed by atoms with Crippen LogP contribution in [0.4, 0.5) is 13.6 Å². The minimum atomic E-state index is -0.991. The highest BCUT2D eigenvalue weighted by Crippen LogP contribution is 2.22. The third-order valence-corrected chi connectivity index (χ3v) is 2.95. The standard InChI is InChI=1S/C12H12ClF2N3O2/c13-4-3-9-17-8-2-1-7(14)10(15)11(8)18(9)5-6-20-12(16)19/h1-2H,3-6H2,(H2,16,19). The van der Waals surface area contributed by atoms with Crippen molar-refractivity contribution in [1.29, 1.82) is 0 Å². The van der Waals surface area contributed by atoms with Crippen LogP contribution in [0.5, 0.6) is 0 Å². The van der Waals surface area contributed by atoms with Gasteiger partial charge in [0.05, 0.1) is 12.1 Å². The van der Waals surface area contributed by atoms with Crippen LogP contribution in [-0.2, 0) is 17.7 Å². The van der Waals surface area contributed by atoms with Crippen molar-refractivity contribution in [3.05, 3.63) is 29.6 Å². The summed E-state index contributed by atoms with van der Waals surface area (Å²) in [5, 5.41) is 0. The van der Waals surface area contributed by atoms with Gasteiger partial charge in [-0.05, 0) is 12.1 Å². The van der Waals surface area contributed by atoms with Gasteiger partial charge >= 0.3 is 6.09 Å². The molecule has 0 saturated carbocycles. The number of rotatable bonds is 5. The van der Waals surface area contributed by atoms with Crippen molar-refractivity contribution in [3.8, 4) is 0 Å². The van der Waals surface area contributed by atoms with E-state index in [1.54, 1.807) is 0 Å². The number of fused-ring (bicyclic) bond motifs is 1. The molecule has 0 saturated heterocycles. The van der Waals surface area contributed by atoms with Crippen molar-refractivity contribution in [3.63, 3.8) is 0 Å². The molecule has 0 aliphatic rings. The molecule has 2 rings (SSSR count). The van der Waals surface area contributed by atoms with Crippen LogP contribution in [0.15, 0.2) is 12.1 Å². The Morgan fingerprint density at radius 2 is 2.20 bits per heavy atom. The zero-order chi connectivity index (χ0) is 14.7. The molecule has 0 aliphatic heterocycles. The SMILES string of the molecule is NC(=O)OCCn1c(CCCl)nc2ccc(F)c(F)c21. The number of hydrogen-bond acceptors (Lipinski definition) is 3. The first kappa shape index (κ1) is 14.5. The molecule has 0 spiro atoms. The van der Waals surface area contributed by atoms with Crippen LogP contribution in [0.2, 0.25) is 0 Å². The molecular weight excluding hydrogens is 292 g/mol. The van der Waals surface area contributed by atoms with Crippen molar-refractivity contribution in [2.24, 2.45) is 5.73 Å². The topological polar surface area (TPSA) is 70.1 Å². The lowest BCUT2D eigenvalue weighted by atomic mass is 10.3. The molecule has 0 bridgehead atoms. The summed E-state index contributed by atoms with van der Waals surface area (Å²) in [4.78, 5) is 14.7. The second-order valence-corrected chi connectivity index (χ2v) is 4.39. The molecule has 8 heteroatoms. The maximum absolute atomic E-state index is 13.9. The van der Waals surface area contributed by atoms with Crippen LogP contribution < -0.4 is 5.73 Å². The molecule has 20 heavy (non-hydrogen) atoms. The Labute approximate surface area is 118 Å². The predicted molar refractivity (Wildman–Crippen MR) is 69.6 cm³/mol. The summed E-state index contributed by atoms with van der Waals surface area (Å²) in [5.74, 6) is -1.18. The van der Waals surface area contributed by atoms with Crippen molar-refractivity contribution >= 4 is 28.7 Å². The zero-order valence-electron chi connectivity index (χ0n) is 10.4. The monoisotopic (exact) mass is 303 g/mol. The molecule has 1 aromatic carbocycles. The lowest BCUT2D eigenvalue weighted by Crippen LogP contribution is -2.18. The van der Waals surface area contributed by atoms with E-state index >= 15 is 0 Å². The quantitative estimate of drug-likeness (QED) is 0.861. The number of primary amides is 1. The fourth-order valence-electron chi connectivity index (χ4n) is 1.96. The number of nitrogens with two attached hydrogens (primary N) is 1. The summed E-state index contributed by atoms with van der Waals surface area (Å²) in [6, 6.07) is 2.40. The maximum Gasteiger partial charge on any atom is 0.404 e. The number of alkyl halides is 1. The van der Waals surface area contributed by atoms with Gasteiger partial charge in [0.2, 0.25) is 0 Å². The molecular formula is C12H12ClF2N3O2. The van der Waals surface area contributed by atoms with Gasteiger partial charge in [0.25, 0.3) is 0 Å². The number of imidazole rings is 1. The van der Waals surface area contributed by atoms with Gasteiger partial charge in [0.1, 0.15) is 17.9 Å². The highest BCUT2D eigenvalue weighted by atomic mass is 35.5. The van der Waals surface area contributed by atoms with E-state index in [4.69, 9.17) is 17.3 Å². The van der Waals surface area contributed by atoms with E-state index < -0.39 is 17.7 Å². The number of nitrogens with zero attached hydrogens (tertiary/aromatic N) is 2. The normalized spacial score (nSPS) is 10.9. The molecule has 0 fully saturated rings. The van der Waals surface area contributed by atoms with E-state index in [1.165, 1.54) is 10.6 Å². The molecule has 2 aromatic rings. The Bertz CT molecular complexity index is 645. The number of hydrogen-bond donors (Lipinski definition) is 1. The summed E-state index contributed by atoms with van der Waals surface area (Å²) in [5.41, 5.74) is 5.20. The molecule has 1 aromatic heterocycles. The second kappa shape index (κ2) is 6.04. The van der Waals surface area contributed by atoms with Crippen LogP contribution in [0.3, 0.4) is 0 Å². The number of aryl methyl sites for hydroxylation is 1. The number of benzene rings is 1. The minimum Gasteiger partial charge on any atom is -0.448 e. The maximum atomic E-state index is 13.9. The zero-order valence-corrected chi connectivity index (χ0v) is 11.2. The van der Waals surface area contributed by atoms with Crippen molar-refractivity contribution in [2.75, 3.05) is 12.5 Å². The largest absolute Gasteiger partial charge is 0.448 e. The summed E-state index contributed by atoms with van der Waals surface area (Å²) < 4.78 is 33.3. The molecule has 108 valence electrons. The fourth-order valence-corrected chi connectivity index (χ4v) is 2.13. The fraction of sp³-hybridized carbons (Fsp3) is 0.333. The second-order valence-electron chi connectivity index (χ2n) is 4.02. The summed E-state index contributed by atoms with van der Waals surface area (Å²) in [6.45, 7) is 0.0536. The third-order valence-electron chi connectivity index (χ3n) is 2.76. The van der Waals surface area contributed by atoms with Crippen LogP contribution in [0.25, 0.3) is 11.0 Å². The highest BCUT2D eigenvalue weighted by Gasteiger charge is 2.17. The van der Waals surface area contributed by atoms with Gasteiger partial charge in [-0.1, -0.05) is 0 Å². The van der Waals surface area contributed by atoms with Gasteiger partial charge in [0.15, 0.2) is 11.6 Å². The Balaban J connectivity index is 2.43. The van der Waals surface area contributed by atoms with Gasteiger partial charge in [-0.2, -0.15) is 0 Å². The van der Waals surface area contributed by atoms with E-state index in [2.05, 4.69) is 9.72 Å². The van der Waals surface area contributed by atoms with E-state index in [0.29, 0.717) is 17.8 Å². The highest BCUT2D eigenvalue weighted by molar-refractivity contribution is 6.17. The average molecular weight is 304 g/mol. The van der Waals surface area contributed by atoms with Gasteiger partial charge in [-0.15, -0.1) is 11.6 Å². The average Bonchev–Trinajstić information content (AvgIpc) is 2.73. The van der Waals surface area contributed by atoms with Crippen LogP contribution in [-0.4, -0.2) is 28.1 Å². The Kier molecular flexibility index (Phi) is 4.39. The predicted octanol–water partition coefficient (Wildman–Crippen LogP) is 2.19. The molecule has 1 heterocycles. The van der Waals surface area contributed by atoms with Crippen LogP contribution in [0, 0.1) is 11.6 Å². The van der Waals surface area contributed by atoms with Gasteiger partial charge in [-0.3, -0.25) is 0 Å². The smallest absolute Gasteiger partial charge is 0.404 e. The van der Waals surface area contributed by atoms with Crippen molar-refractivity contribution in [1.82, 2.24) is 9.55 Å². The van der Waals surface area contributed by atoms with E-state index in [-0.39, 0.29) is 24.5 Å². The van der Waals surface area contributed by atoms with Gasteiger partial charge in [0, 0.05) is 12.3 Å².